The molecule has 0 aliphatic heterocycles. The van der Waals surface area contributed by atoms with Crippen LogP contribution in [0.3, 0.4) is 0 Å². The Hall–Kier alpha value is -3.82. The van der Waals surface area contributed by atoms with E-state index in [0.717, 1.165) is 0 Å². The van der Waals surface area contributed by atoms with Gasteiger partial charge < -0.3 is 14.2 Å². The molecule has 150 valence electrons. The Morgan fingerprint density at radius 1 is 0.931 bits per heavy atom. The number of benzene rings is 2. The van der Waals surface area contributed by atoms with Crippen molar-refractivity contribution in [3.8, 4) is 23.1 Å². The lowest BCUT2D eigenvalue weighted by atomic mass is 10.2. The zero-order valence-corrected chi connectivity index (χ0v) is 14.6. The van der Waals surface area contributed by atoms with Gasteiger partial charge in [0.05, 0.1) is 4.92 Å². The third kappa shape index (κ3) is 5.83. The summed E-state index contributed by atoms with van der Waals surface area (Å²) in [4.78, 5) is 14.2. The summed E-state index contributed by atoms with van der Waals surface area (Å²) < 4.78 is 51.2. The second-order valence-corrected chi connectivity index (χ2v) is 5.64. The molecule has 0 spiro atoms. The minimum atomic E-state index is -4.74. The largest absolute Gasteiger partial charge is 0.573 e. The lowest BCUT2D eigenvalue weighted by Crippen LogP contribution is -2.17. The van der Waals surface area contributed by atoms with Crippen LogP contribution in [-0.4, -0.2) is 16.3 Å². The highest BCUT2D eigenvalue weighted by Gasteiger charge is 2.30. The van der Waals surface area contributed by atoms with E-state index in [1.807, 2.05) is 0 Å². The van der Waals surface area contributed by atoms with Crippen LogP contribution in [0.4, 0.5) is 18.9 Å². The van der Waals surface area contributed by atoms with Crippen LogP contribution in [0.5, 0.6) is 23.1 Å². The number of ether oxygens (including phenoxy) is 3. The molecule has 0 saturated heterocycles. The Morgan fingerprint density at radius 2 is 1.55 bits per heavy atom. The Balaban J connectivity index is 1.58. The molecule has 0 aliphatic rings. The van der Waals surface area contributed by atoms with Crippen molar-refractivity contribution in [2.24, 2.45) is 0 Å². The van der Waals surface area contributed by atoms with E-state index in [-0.39, 0.29) is 23.9 Å². The molecule has 29 heavy (non-hydrogen) atoms. The number of hydrogen-bond donors (Lipinski definition) is 0. The van der Waals surface area contributed by atoms with Crippen LogP contribution in [0, 0.1) is 10.1 Å². The van der Waals surface area contributed by atoms with E-state index in [1.165, 1.54) is 42.6 Å². The monoisotopic (exact) mass is 406 g/mol. The molecule has 0 bridgehead atoms. The number of rotatable bonds is 7. The molecule has 0 atom stereocenters. The summed E-state index contributed by atoms with van der Waals surface area (Å²) in [6.45, 7) is 0.123. The molecule has 0 saturated carbocycles. The summed E-state index contributed by atoms with van der Waals surface area (Å²) in [6.07, 6.45) is -3.36. The van der Waals surface area contributed by atoms with Gasteiger partial charge in [-0.1, -0.05) is 12.1 Å². The SMILES string of the molecule is O=[N+]([O-])c1cccnc1Oc1ccc(OCc2ccc(OC(F)(F)F)cc2)cc1. The van der Waals surface area contributed by atoms with Crippen molar-refractivity contribution < 1.29 is 32.3 Å². The quantitative estimate of drug-likeness (QED) is 0.393. The maximum Gasteiger partial charge on any atom is 0.573 e. The summed E-state index contributed by atoms with van der Waals surface area (Å²) in [5, 5.41) is 11.0. The van der Waals surface area contributed by atoms with Crippen LogP contribution in [0.1, 0.15) is 5.56 Å². The second kappa shape index (κ2) is 8.46. The van der Waals surface area contributed by atoms with E-state index < -0.39 is 11.3 Å². The fourth-order valence-electron chi connectivity index (χ4n) is 2.27. The van der Waals surface area contributed by atoms with Gasteiger partial charge in [0.25, 0.3) is 5.88 Å². The molecule has 7 nitrogen and oxygen atoms in total. The fraction of sp³-hybridized carbons (Fsp3) is 0.105. The smallest absolute Gasteiger partial charge is 0.489 e. The van der Waals surface area contributed by atoms with E-state index in [4.69, 9.17) is 9.47 Å². The molecule has 0 radical (unpaired) electrons. The maximum atomic E-state index is 12.1. The van der Waals surface area contributed by atoms with Gasteiger partial charge >= 0.3 is 12.0 Å². The first-order valence-electron chi connectivity index (χ1n) is 8.15. The van der Waals surface area contributed by atoms with Crippen molar-refractivity contribution in [2.45, 2.75) is 13.0 Å². The highest BCUT2D eigenvalue weighted by molar-refractivity contribution is 5.43. The minimum absolute atomic E-state index is 0.123. The highest BCUT2D eigenvalue weighted by atomic mass is 19.4. The van der Waals surface area contributed by atoms with Crippen LogP contribution in [-0.2, 0) is 6.61 Å². The van der Waals surface area contributed by atoms with Crippen LogP contribution in [0.15, 0.2) is 66.9 Å². The van der Waals surface area contributed by atoms with Crippen LogP contribution in [0.2, 0.25) is 0 Å². The number of hydrogen-bond acceptors (Lipinski definition) is 6. The van der Waals surface area contributed by atoms with Crippen molar-refractivity contribution >= 4 is 5.69 Å². The summed E-state index contributed by atoms with van der Waals surface area (Å²) >= 11 is 0. The van der Waals surface area contributed by atoms with E-state index >= 15 is 0 Å². The lowest BCUT2D eigenvalue weighted by Gasteiger charge is -2.10. The van der Waals surface area contributed by atoms with Crippen molar-refractivity contribution in [1.82, 2.24) is 4.98 Å². The number of nitro groups is 1. The predicted molar refractivity (Wildman–Crippen MR) is 94.9 cm³/mol. The third-order valence-electron chi connectivity index (χ3n) is 3.55. The molecular formula is C19H13F3N2O5. The Bertz CT molecular complexity index is 976. The number of nitrogens with zero attached hydrogens (tertiary/aromatic N) is 2. The molecule has 0 N–H and O–H groups in total. The van der Waals surface area contributed by atoms with Crippen LogP contribution >= 0.6 is 0 Å². The summed E-state index contributed by atoms with van der Waals surface area (Å²) in [5.74, 6) is 0.356. The van der Waals surface area contributed by atoms with Gasteiger partial charge in [-0.25, -0.2) is 4.98 Å². The first-order chi connectivity index (χ1) is 13.8. The molecule has 0 aliphatic carbocycles. The molecule has 0 fully saturated rings. The van der Waals surface area contributed by atoms with Gasteiger partial charge in [-0.3, -0.25) is 10.1 Å². The van der Waals surface area contributed by atoms with Gasteiger partial charge in [-0.2, -0.15) is 0 Å². The van der Waals surface area contributed by atoms with Gasteiger partial charge in [0.2, 0.25) is 0 Å². The van der Waals surface area contributed by atoms with E-state index in [9.17, 15) is 23.3 Å². The zero-order valence-electron chi connectivity index (χ0n) is 14.6. The first kappa shape index (κ1) is 19.9. The number of alkyl halides is 3. The van der Waals surface area contributed by atoms with E-state index in [2.05, 4.69) is 9.72 Å². The van der Waals surface area contributed by atoms with Crippen molar-refractivity contribution in [3.05, 3.63) is 82.5 Å². The highest BCUT2D eigenvalue weighted by Crippen LogP contribution is 2.29. The van der Waals surface area contributed by atoms with Crippen molar-refractivity contribution in [2.75, 3.05) is 0 Å². The van der Waals surface area contributed by atoms with Gasteiger partial charge in [0, 0.05) is 12.3 Å². The maximum absolute atomic E-state index is 12.1. The predicted octanol–water partition coefficient (Wildman–Crippen LogP) is 5.26. The topological polar surface area (TPSA) is 83.7 Å². The van der Waals surface area contributed by atoms with Crippen LogP contribution < -0.4 is 14.2 Å². The summed E-state index contributed by atoms with van der Waals surface area (Å²) in [7, 11) is 0. The first-order valence-corrected chi connectivity index (χ1v) is 8.15. The Morgan fingerprint density at radius 3 is 2.17 bits per heavy atom. The van der Waals surface area contributed by atoms with Crippen molar-refractivity contribution in [1.29, 1.82) is 0 Å². The number of pyridine rings is 1. The van der Waals surface area contributed by atoms with Crippen molar-refractivity contribution in [3.63, 3.8) is 0 Å². The fourth-order valence-corrected chi connectivity index (χ4v) is 2.27. The second-order valence-electron chi connectivity index (χ2n) is 5.64. The summed E-state index contributed by atoms with van der Waals surface area (Å²) in [6, 6.07) is 14.3. The average molecular weight is 406 g/mol. The van der Waals surface area contributed by atoms with Gasteiger partial charge in [-0.15, -0.1) is 13.2 Å². The number of aromatic nitrogens is 1. The Kier molecular flexibility index (Phi) is 5.82. The van der Waals surface area contributed by atoms with Gasteiger partial charge in [0.1, 0.15) is 23.9 Å². The molecular weight excluding hydrogens is 393 g/mol. The van der Waals surface area contributed by atoms with Gasteiger partial charge in [0.15, 0.2) is 0 Å². The Labute approximate surface area is 162 Å². The molecule has 10 heteroatoms. The van der Waals surface area contributed by atoms with E-state index in [0.29, 0.717) is 17.1 Å². The van der Waals surface area contributed by atoms with Gasteiger partial charge in [-0.05, 0) is 48.0 Å². The molecule has 2 aromatic carbocycles. The van der Waals surface area contributed by atoms with E-state index in [1.54, 1.807) is 24.3 Å². The standard InChI is InChI=1S/C19H13F3N2O5/c20-19(21,22)29-16-5-3-13(4-6-16)12-27-14-7-9-15(10-8-14)28-18-17(24(25)26)2-1-11-23-18/h1-11H,12H2. The molecule has 1 heterocycles. The molecule has 0 unspecified atom stereocenters. The normalized spacial score (nSPS) is 11.0. The summed E-state index contributed by atoms with van der Waals surface area (Å²) in [5.41, 5.74) is 0.384. The third-order valence-corrected chi connectivity index (χ3v) is 3.55. The average Bonchev–Trinajstić information content (AvgIpc) is 2.68. The molecule has 3 rings (SSSR count). The minimum Gasteiger partial charge on any atom is -0.489 e. The molecule has 0 amide bonds. The number of halogens is 3. The van der Waals surface area contributed by atoms with Crippen LogP contribution in [0.25, 0.3) is 0 Å². The zero-order chi connectivity index (χ0) is 20.9. The molecule has 3 aromatic rings. The lowest BCUT2D eigenvalue weighted by molar-refractivity contribution is -0.386. The molecule has 1 aromatic heterocycles.